The minimum Gasteiger partial charge on any atom is -0.490 e. The zero-order chi connectivity index (χ0) is 14.7. The second kappa shape index (κ2) is 6.14. The van der Waals surface area contributed by atoms with E-state index in [9.17, 15) is 4.39 Å². The van der Waals surface area contributed by atoms with Gasteiger partial charge in [-0.2, -0.15) is 0 Å². The third kappa shape index (κ3) is 2.85. The fourth-order valence-corrected chi connectivity index (χ4v) is 2.57. The molecule has 0 amide bonds. The number of nitrogens with one attached hydrogen (secondary N) is 1. The van der Waals surface area contributed by atoms with Crippen LogP contribution in [0, 0.1) is 5.82 Å². The van der Waals surface area contributed by atoms with Gasteiger partial charge in [-0.3, -0.25) is 0 Å². The number of rotatable bonds is 3. The first kappa shape index (κ1) is 13.9. The van der Waals surface area contributed by atoms with Gasteiger partial charge >= 0.3 is 0 Å². The lowest BCUT2D eigenvalue weighted by molar-refractivity contribution is 0.297. The maximum absolute atomic E-state index is 14.0. The molecule has 110 valence electrons. The summed E-state index contributed by atoms with van der Waals surface area (Å²) in [6, 6.07) is 12.3. The van der Waals surface area contributed by atoms with Crippen molar-refractivity contribution in [2.75, 3.05) is 20.3 Å². The Morgan fingerprint density at radius 3 is 2.57 bits per heavy atom. The van der Waals surface area contributed by atoms with Crippen molar-refractivity contribution >= 4 is 0 Å². The number of benzene rings is 2. The second-order valence-electron chi connectivity index (χ2n) is 5.00. The summed E-state index contributed by atoms with van der Waals surface area (Å²) in [5, 5.41) is 3.16. The van der Waals surface area contributed by atoms with Crippen LogP contribution in [0.1, 0.15) is 23.6 Å². The van der Waals surface area contributed by atoms with Crippen LogP contribution in [0.2, 0.25) is 0 Å². The molecule has 4 heteroatoms. The van der Waals surface area contributed by atoms with Crippen molar-refractivity contribution in [3.63, 3.8) is 0 Å². The molecule has 21 heavy (non-hydrogen) atoms. The smallest absolute Gasteiger partial charge is 0.161 e. The molecule has 2 aromatic rings. The van der Waals surface area contributed by atoms with Crippen molar-refractivity contribution < 1.29 is 13.9 Å². The maximum Gasteiger partial charge on any atom is 0.161 e. The van der Waals surface area contributed by atoms with E-state index in [4.69, 9.17) is 9.47 Å². The van der Waals surface area contributed by atoms with Gasteiger partial charge in [0.05, 0.1) is 19.3 Å². The lowest BCUT2D eigenvalue weighted by Crippen LogP contribution is -2.19. The van der Waals surface area contributed by atoms with E-state index in [-0.39, 0.29) is 11.9 Å². The molecule has 1 aliphatic heterocycles. The molecule has 0 bridgehead atoms. The van der Waals surface area contributed by atoms with Crippen LogP contribution in [0.25, 0.3) is 0 Å². The molecule has 3 nitrogen and oxygen atoms in total. The minimum atomic E-state index is -0.219. The van der Waals surface area contributed by atoms with Crippen LogP contribution >= 0.6 is 0 Å². The first-order valence-corrected chi connectivity index (χ1v) is 7.11. The molecule has 0 aliphatic carbocycles. The Hall–Kier alpha value is -2.07. The van der Waals surface area contributed by atoms with Gasteiger partial charge in [-0.05, 0) is 30.8 Å². The molecule has 0 saturated heterocycles. The monoisotopic (exact) mass is 287 g/mol. The third-order valence-corrected chi connectivity index (χ3v) is 3.61. The fraction of sp³-hybridized carbons (Fsp3) is 0.294. The van der Waals surface area contributed by atoms with Crippen LogP contribution < -0.4 is 14.8 Å². The standard InChI is InChI=1S/C17H18FNO2/c1-19-17(13-5-2-3-6-14(13)18)12-7-8-15-16(11-12)21-10-4-9-20-15/h2-3,5-8,11,17,19H,4,9-10H2,1H3. The highest BCUT2D eigenvalue weighted by atomic mass is 19.1. The molecule has 1 aliphatic rings. The van der Waals surface area contributed by atoms with E-state index in [0.717, 1.165) is 23.5 Å². The highest BCUT2D eigenvalue weighted by molar-refractivity contribution is 5.46. The Kier molecular flexibility index (Phi) is 4.06. The highest BCUT2D eigenvalue weighted by Crippen LogP contribution is 2.34. The number of ether oxygens (including phenoxy) is 2. The van der Waals surface area contributed by atoms with E-state index in [0.29, 0.717) is 18.8 Å². The maximum atomic E-state index is 14.0. The quantitative estimate of drug-likeness (QED) is 0.939. The molecule has 0 fully saturated rings. The van der Waals surface area contributed by atoms with Crippen molar-refractivity contribution in [2.24, 2.45) is 0 Å². The Balaban J connectivity index is 1.98. The Labute approximate surface area is 123 Å². The highest BCUT2D eigenvalue weighted by Gasteiger charge is 2.18. The summed E-state index contributed by atoms with van der Waals surface area (Å²) in [6.07, 6.45) is 0.868. The summed E-state index contributed by atoms with van der Waals surface area (Å²) in [6.45, 7) is 1.30. The van der Waals surface area contributed by atoms with E-state index in [1.165, 1.54) is 6.07 Å². The van der Waals surface area contributed by atoms with Crippen LogP contribution in [0.5, 0.6) is 11.5 Å². The van der Waals surface area contributed by atoms with Crippen LogP contribution in [0.4, 0.5) is 4.39 Å². The molecule has 1 N–H and O–H groups in total. The van der Waals surface area contributed by atoms with Gasteiger partial charge in [-0.25, -0.2) is 4.39 Å². The Morgan fingerprint density at radius 1 is 1.05 bits per heavy atom. The lowest BCUT2D eigenvalue weighted by atomic mass is 9.98. The van der Waals surface area contributed by atoms with E-state index in [2.05, 4.69) is 5.32 Å². The van der Waals surface area contributed by atoms with Crippen molar-refractivity contribution in [3.8, 4) is 11.5 Å². The molecule has 0 saturated carbocycles. The molecule has 0 radical (unpaired) electrons. The largest absolute Gasteiger partial charge is 0.490 e. The number of fused-ring (bicyclic) bond motifs is 1. The van der Waals surface area contributed by atoms with Crippen molar-refractivity contribution in [3.05, 3.63) is 59.4 Å². The van der Waals surface area contributed by atoms with Gasteiger partial charge in [-0.15, -0.1) is 0 Å². The molecule has 0 aromatic heterocycles. The first-order valence-electron chi connectivity index (χ1n) is 7.11. The molecular weight excluding hydrogens is 269 g/mol. The zero-order valence-corrected chi connectivity index (χ0v) is 11.9. The molecule has 3 rings (SSSR count). The summed E-state index contributed by atoms with van der Waals surface area (Å²) in [7, 11) is 1.82. The average Bonchev–Trinajstić information content (AvgIpc) is 2.75. The SMILES string of the molecule is CNC(c1ccc2c(c1)OCCCO2)c1ccccc1F. The van der Waals surface area contributed by atoms with Gasteiger partial charge in [0.1, 0.15) is 5.82 Å². The van der Waals surface area contributed by atoms with Gasteiger partial charge in [0.15, 0.2) is 11.5 Å². The predicted octanol–water partition coefficient (Wildman–Crippen LogP) is 3.30. The van der Waals surface area contributed by atoms with E-state index in [1.54, 1.807) is 12.1 Å². The Bertz CT molecular complexity index is 630. The van der Waals surface area contributed by atoms with Gasteiger partial charge < -0.3 is 14.8 Å². The second-order valence-corrected chi connectivity index (χ2v) is 5.00. The Morgan fingerprint density at radius 2 is 1.81 bits per heavy atom. The van der Waals surface area contributed by atoms with Crippen molar-refractivity contribution in [2.45, 2.75) is 12.5 Å². The van der Waals surface area contributed by atoms with Crippen LogP contribution in [0.3, 0.4) is 0 Å². The molecule has 1 unspecified atom stereocenters. The topological polar surface area (TPSA) is 30.5 Å². The van der Waals surface area contributed by atoms with E-state index >= 15 is 0 Å². The average molecular weight is 287 g/mol. The van der Waals surface area contributed by atoms with E-state index < -0.39 is 0 Å². The summed E-state index contributed by atoms with van der Waals surface area (Å²) in [4.78, 5) is 0. The van der Waals surface area contributed by atoms with Crippen molar-refractivity contribution in [1.29, 1.82) is 0 Å². The zero-order valence-electron chi connectivity index (χ0n) is 11.9. The lowest BCUT2D eigenvalue weighted by Gasteiger charge is -2.19. The molecule has 1 atom stereocenters. The van der Waals surface area contributed by atoms with E-state index in [1.807, 2.05) is 31.3 Å². The number of hydrogen-bond donors (Lipinski definition) is 1. The van der Waals surface area contributed by atoms with Gasteiger partial charge in [-0.1, -0.05) is 24.3 Å². The third-order valence-electron chi connectivity index (χ3n) is 3.61. The van der Waals surface area contributed by atoms with Crippen LogP contribution in [0.15, 0.2) is 42.5 Å². The van der Waals surface area contributed by atoms with Crippen LogP contribution in [-0.4, -0.2) is 20.3 Å². The number of halogens is 1. The van der Waals surface area contributed by atoms with Gasteiger partial charge in [0.25, 0.3) is 0 Å². The molecule has 0 spiro atoms. The molecule has 2 aromatic carbocycles. The minimum absolute atomic E-state index is 0.219. The van der Waals surface area contributed by atoms with Crippen molar-refractivity contribution in [1.82, 2.24) is 5.32 Å². The fourth-order valence-electron chi connectivity index (χ4n) is 2.57. The number of hydrogen-bond acceptors (Lipinski definition) is 3. The summed E-state index contributed by atoms with van der Waals surface area (Å²) < 4.78 is 25.4. The molecular formula is C17H18FNO2. The summed E-state index contributed by atoms with van der Waals surface area (Å²) in [5.41, 5.74) is 1.57. The van der Waals surface area contributed by atoms with Crippen LogP contribution in [-0.2, 0) is 0 Å². The predicted molar refractivity (Wildman–Crippen MR) is 79.4 cm³/mol. The van der Waals surface area contributed by atoms with Gasteiger partial charge in [0, 0.05) is 12.0 Å². The first-order chi connectivity index (χ1) is 10.3. The summed E-state index contributed by atoms with van der Waals surface area (Å²) in [5.74, 6) is 1.25. The normalized spacial score (nSPS) is 15.3. The molecule has 1 heterocycles. The summed E-state index contributed by atoms with van der Waals surface area (Å²) >= 11 is 0. The van der Waals surface area contributed by atoms with Gasteiger partial charge in [0.2, 0.25) is 0 Å².